The van der Waals surface area contributed by atoms with E-state index in [0.717, 1.165) is 30.4 Å². The lowest BCUT2D eigenvalue weighted by molar-refractivity contribution is 0.164. The highest BCUT2D eigenvalue weighted by Gasteiger charge is 2.22. The Morgan fingerprint density at radius 3 is 2.74 bits per heavy atom. The van der Waals surface area contributed by atoms with Crippen molar-refractivity contribution in [2.75, 3.05) is 32.1 Å². The first-order valence-corrected chi connectivity index (χ1v) is 8.79. The van der Waals surface area contributed by atoms with Crippen molar-refractivity contribution in [2.24, 2.45) is 0 Å². The molecule has 1 N–H and O–H groups in total. The third-order valence-corrected chi connectivity index (χ3v) is 4.42. The van der Waals surface area contributed by atoms with Crippen LogP contribution in [0.1, 0.15) is 58.5 Å². The van der Waals surface area contributed by atoms with E-state index in [1.165, 1.54) is 25.8 Å². The van der Waals surface area contributed by atoms with Crippen molar-refractivity contribution in [3.8, 4) is 0 Å². The van der Waals surface area contributed by atoms with Gasteiger partial charge in [-0.15, -0.1) is 0 Å². The maximum absolute atomic E-state index is 5.25. The molecule has 2 rings (SSSR count). The van der Waals surface area contributed by atoms with Gasteiger partial charge in [-0.1, -0.05) is 34.1 Å². The monoisotopic (exact) mass is 320 g/mol. The Morgan fingerprint density at radius 1 is 1.30 bits per heavy atom. The van der Waals surface area contributed by atoms with Gasteiger partial charge in [0.25, 0.3) is 0 Å². The van der Waals surface area contributed by atoms with E-state index in [-0.39, 0.29) is 5.41 Å². The molecule has 23 heavy (non-hydrogen) atoms. The van der Waals surface area contributed by atoms with E-state index in [4.69, 9.17) is 9.72 Å². The summed E-state index contributed by atoms with van der Waals surface area (Å²) in [5.74, 6) is 1.78. The molecule has 130 valence electrons. The van der Waals surface area contributed by atoms with Crippen LogP contribution in [0.3, 0.4) is 0 Å². The number of ether oxygens (including phenoxy) is 1. The second-order valence-electron chi connectivity index (χ2n) is 7.41. The molecular formula is C18H32N4O. The summed E-state index contributed by atoms with van der Waals surface area (Å²) in [4.78, 5) is 11.9. The second kappa shape index (κ2) is 8.06. The van der Waals surface area contributed by atoms with Crippen LogP contribution in [0.4, 0.5) is 5.82 Å². The quantitative estimate of drug-likeness (QED) is 0.872. The number of piperidine rings is 1. The predicted molar refractivity (Wildman–Crippen MR) is 94.8 cm³/mol. The van der Waals surface area contributed by atoms with Gasteiger partial charge < -0.3 is 10.1 Å². The molecule has 2 heterocycles. The van der Waals surface area contributed by atoms with Gasteiger partial charge in [-0.05, 0) is 25.9 Å². The number of likely N-dealkylation sites (N-methyl/N-ethyl adjacent to an activating group) is 1. The summed E-state index contributed by atoms with van der Waals surface area (Å²) in [6, 6.07) is 2.62. The van der Waals surface area contributed by atoms with E-state index in [1.807, 2.05) is 6.07 Å². The number of rotatable bonds is 6. The number of hydrogen-bond acceptors (Lipinski definition) is 5. The highest BCUT2D eigenvalue weighted by atomic mass is 16.5. The topological polar surface area (TPSA) is 50.3 Å². The fourth-order valence-corrected chi connectivity index (χ4v) is 3.08. The van der Waals surface area contributed by atoms with Crippen LogP contribution < -0.4 is 5.32 Å². The van der Waals surface area contributed by atoms with Crippen molar-refractivity contribution >= 4 is 5.82 Å². The van der Waals surface area contributed by atoms with Crippen molar-refractivity contribution < 1.29 is 4.74 Å². The van der Waals surface area contributed by atoms with Gasteiger partial charge in [0, 0.05) is 31.2 Å². The Morgan fingerprint density at radius 2 is 2.09 bits per heavy atom. The summed E-state index contributed by atoms with van der Waals surface area (Å²) in [6.45, 7) is 12.5. The number of nitrogens with zero attached hydrogens (tertiary/aromatic N) is 3. The minimum atomic E-state index is -0.0690. The van der Waals surface area contributed by atoms with Crippen molar-refractivity contribution in [3.05, 3.63) is 17.6 Å². The Balaban J connectivity index is 2.10. The summed E-state index contributed by atoms with van der Waals surface area (Å²) in [6.07, 6.45) is 3.92. The van der Waals surface area contributed by atoms with Crippen LogP contribution in [-0.2, 0) is 16.8 Å². The number of likely N-dealkylation sites (tertiary alicyclic amines) is 1. The van der Waals surface area contributed by atoms with Gasteiger partial charge in [0.15, 0.2) is 0 Å². The minimum absolute atomic E-state index is 0.0690. The maximum Gasteiger partial charge on any atom is 0.136 e. The van der Waals surface area contributed by atoms with Gasteiger partial charge in [-0.2, -0.15) is 0 Å². The average molecular weight is 320 g/mol. The average Bonchev–Trinajstić information content (AvgIpc) is 2.52. The van der Waals surface area contributed by atoms with Gasteiger partial charge in [0.2, 0.25) is 0 Å². The molecule has 1 saturated heterocycles. The maximum atomic E-state index is 5.25. The normalized spacial score (nSPS) is 19.8. The van der Waals surface area contributed by atoms with Crippen LogP contribution in [0.2, 0.25) is 0 Å². The summed E-state index contributed by atoms with van der Waals surface area (Å²) in [5, 5.41) is 3.54. The molecule has 5 nitrogen and oxygen atoms in total. The SMILES string of the molecule is CCN1CCCCC1CNc1cc(COC)nc(C(C)(C)C)n1. The van der Waals surface area contributed by atoms with Gasteiger partial charge in [0.05, 0.1) is 12.3 Å². The van der Waals surface area contributed by atoms with Crippen LogP contribution in [0.15, 0.2) is 6.07 Å². The Bertz CT molecular complexity index is 498. The molecule has 0 amide bonds. The first-order valence-electron chi connectivity index (χ1n) is 8.79. The molecule has 0 bridgehead atoms. The van der Waals surface area contributed by atoms with E-state index in [2.05, 4.69) is 42.9 Å². The van der Waals surface area contributed by atoms with Gasteiger partial charge in [0.1, 0.15) is 11.6 Å². The van der Waals surface area contributed by atoms with Gasteiger partial charge >= 0.3 is 0 Å². The Kier molecular flexibility index (Phi) is 6.36. The largest absolute Gasteiger partial charge is 0.378 e. The number of methoxy groups -OCH3 is 1. The van der Waals surface area contributed by atoms with Gasteiger partial charge in [-0.25, -0.2) is 9.97 Å². The zero-order chi connectivity index (χ0) is 16.9. The molecule has 1 fully saturated rings. The van der Waals surface area contributed by atoms with Gasteiger partial charge in [-0.3, -0.25) is 4.90 Å². The first kappa shape index (κ1) is 18.1. The molecule has 0 aliphatic carbocycles. The molecule has 1 aromatic rings. The van der Waals surface area contributed by atoms with E-state index in [1.54, 1.807) is 7.11 Å². The summed E-state index contributed by atoms with van der Waals surface area (Å²) in [5.41, 5.74) is 0.867. The van der Waals surface area contributed by atoms with Crippen LogP contribution in [0.25, 0.3) is 0 Å². The molecule has 0 radical (unpaired) electrons. The van der Waals surface area contributed by atoms with Crippen LogP contribution in [0, 0.1) is 0 Å². The first-order chi connectivity index (χ1) is 10.9. The number of aromatic nitrogens is 2. The molecule has 1 aromatic heterocycles. The Hall–Kier alpha value is -1.20. The van der Waals surface area contributed by atoms with E-state index < -0.39 is 0 Å². The lowest BCUT2D eigenvalue weighted by Gasteiger charge is -2.35. The molecule has 1 aliphatic heterocycles. The van der Waals surface area contributed by atoms with Crippen LogP contribution in [-0.4, -0.2) is 47.7 Å². The third kappa shape index (κ3) is 5.15. The highest BCUT2D eigenvalue weighted by molar-refractivity contribution is 5.37. The van der Waals surface area contributed by atoms with Crippen molar-refractivity contribution in [3.63, 3.8) is 0 Å². The fourth-order valence-electron chi connectivity index (χ4n) is 3.08. The number of nitrogens with one attached hydrogen (secondary N) is 1. The molecule has 1 atom stereocenters. The molecule has 0 aromatic carbocycles. The lowest BCUT2D eigenvalue weighted by Crippen LogP contribution is -2.43. The molecule has 1 unspecified atom stereocenters. The Labute approximate surface area is 140 Å². The molecule has 1 aliphatic rings. The van der Waals surface area contributed by atoms with Crippen LogP contribution in [0.5, 0.6) is 0 Å². The summed E-state index contributed by atoms with van der Waals surface area (Å²) < 4.78 is 5.25. The zero-order valence-corrected chi connectivity index (χ0v) is 15.4. The smallest absolute Gasteiger partial charge is 0.136 e. The highest BCUT2D eigenvalue weighted by Crippen LogP contribution is 2.22. The predicted octanol–water partition coefficient (Wildman–Crippen LogP) is 3.21. The molecule has 5 heteroatoms. The molecule has 0 saturated carbocycles. The minimum Gasteiger partial charge on any atom is -0.378 e. The van der Waals surface area contributed by atoms with E-state index in [0.29, 0.717) is 12.6 Å². The second-order valence-corrected chi connectivity index (χ2v) is 7.41. The number of anilines is 1. The van der Waals surface area contributed by atoms with Crippen molar-refractivity contribution in [1.82, 2.24) is 14.9 Å². The number of hydrogen-bond donors (Lipinski definition) is 1. The van der Waals surface area contributed by atoms with E-state index in [9.17, 15) is 0 Å². The van der Waals surface area contributed by atoms with Crippen LogP contribution >= 0.6 is 0 Å². The fraction of sp³-hybridized carbons (Fsp3) is 0.778. The molecular weight excluding hydrogens is 288 g/mol. The lowest BCUT2D eigenvalue weighted by atomic mass is 9.95. The third-order valence-electron chi connectivity index (χ3n) is 4.42. The zero-order valence-electron chi connectivity index (χ0n) is 15.4. The van der Waals surface area contributed by atoms with Crippen molar-refractivity contribution in [2.45, 2.75) is 65.0 Å². The standard InChI is InChI=1S/C18H32N4O/c1-6-22-10-8-7-9-15(22)12-19-16-11-14(13-23-5)20-17(21-16)18(2,3)4/h11,15H,6-10,12-13H2,1-5H3,(H,19,20,21). The summed E-state index contributed by atoms with van der Waals surface area (Å²) in [7, 11) is 1.70. The molecule has 0 spiro atoms. The van der Waals surface area contributed by atoms with Crippen molar-refractivity contribution in [1.29, 1.82) is 0 Å². The summed E-state index contributed by atoms with van der Waals surface area (Å²) >= 11 is 0. The van der Waals surface area contributed by atoms with E-state index >= 15 is 0 Å².